The average Bonchev–Trinajstić information content (AvgIpc) is 2.87. The van der Waals surface area contributed by atoms with Crippen molar-refractivity contribution >= 4 is 11.8 Å². The normalized spacial score (nSPS) is 10.2. The molecule has 6 heteroatoms. The fourth-order valence-corrected chi connectivity index (χ4v) is 1.77. The van der Waals surface area contributed by atoms with Gasteiger partial charge in [-0.05, 0) is 13.0 Å². The Hall–Kier alpha value is -1.74. The fourth-order valence-electron chi connectivity index (χ4n) is 1.17. The lowest BCUT2D eigenvalue weighted by Gasteiger charge is -1.90. The van der Waals surface area contributed by atoms with E-state index in [1.807, 2.05) is 6.92 Å². The van der Waals surface area contributed by atoms with Gasteiger partial charge in [0.05, 0.1) is 17.9 Å². The highest BCUT2D eigenvalue weighted by atomic mass is 32.2. The molecule has 2 rings (SSSR count). The summed E-state index contributed by atoms with van der Waals surface area (Å²) < 4.78 is 10.6. The van der Waals surface area contributed by atoms with Gasteiger partial charge in [0.2, 0.25) is 0 Å². The Labute approximate surface area is 96.5 Å². The monoisotopic (exact) mass is 235 g/mol. The highest BCUT2D eigenvalue weighted by Gasteiger charge is 2.12. The lowest BCUT2D eigenvalue weighted by Crippen LogP contribution is -1.76. The predicted octanol–water partition coefficient (Wildman–Crippen LogP) is 2.64. The quantitative estimate of drug-likeness (QED) is 0.599. The molecule has 0 aliphatic rings. The van der Waals surface area contributed by atoms with Gasteiger partial charge in [0.1, 0.15) is 5.76 Å². The summed E-state index contributed by atoms with van der Waals surface area (Å²) in [7, 11) is 0. The molecule has 0 aromatic carbocycles. The van der Waals surface area contributed by atoms with Crippen molar-refractivity contribution in [2.75, 3.05) is 5.75 Å². The van der Waals surface area contributed by atoms with Crippen LogP contribution in [0.15, 0.2) is 26.4 Å². The maximum absolute atomic E-state index is 8.39. The van der Waals surface area contributed by atoms with Crippen LogP contribution in [0.25, 0.3) is 11.5 Å². The number of thioether (sulfide) groups is 1. The van der Waals surface area contributed by atoms with Crippen LogP contribution in [0.5, 0.6) is 0 Å². The molecule has 0 bridgehead atoms. The molecule has 0 fully saturated rings. The van der Waals surface area contributed by atoms with Crippen molar-refractivity contribution in [3.8, 4) is 17.5 Å². The highest BCUT2D eigenvalue weighted by molar-refractivity contribution is 7.99. The van der Waals surface area contributed by atoms with Crippen LogP contribution in [0.1, 0.15) is 12.2 Å². The molecule has 0 saturated heterocycles. The zero-order chi connectivity index (χ0) is 11.4. The first-order chi connectivity index (χ1) is 7.81. The first-order valence-corrected chi connectivity index (χ1v) is 5.67. The van der Waals surface area contributed by atoms with Crippen LogP contribution < -0.4 is 0 Å². The minimum absolute atomic E-state index is 0.450. The zero-order valence-corrected chi connectivity index (χ0v) is 9.45. The second kappa shape index (κ2) is 4.86. The van der Waals surface area contributed by atoms with Gasteiger partial charge in [0.25, 0.3) is 11.1 Å². The molecule has 2 aromatic heterocycles. The SMILES string of the molecule is Cc1occc1-c1nnc(SCCC#N)o1. The molecule has 0 N–H and O–H groups in total. The minimum Gasteiger partial charge on any atom is -0.469 e. The van der Waals surface area contributed by atoms with Crippen LogP contribution >= 0.6 is 11.8 Å². The van der Waals surface area contributed by atoms with Crippen LogP contribution in [0.4, 0.5) is 0 Å². The zero-order valence-electron chi connectivity index (χ0n) is 8.64. The fraction of sp³-hybridized carbons (Fsp3) is 0.300. The summed E-state index contributed by atoms with van der Waals surface area (Å²) in [6, 6.07) is 3.84. The van der Waals surface area contributed by atoms with Gasteiger partial charge < -0.3 is 8.83 Å². The van der Waals surface area contributed by atoms with Gasteiger partial charge in [-0.1, -0.05) is 11.8 Å². The second-order valence-corrected chi connectivity index (χ2v) is 4.07. The molecule has 0 atom stereocenters. The minimum atomic E-state index is 0.450. The number of nitrogens with zero attached hydrogens (tertiary/aromatic N) is 3. The summed E-state index contributed by atoms with van der Waals surface area (Å²) in [5, 5.41) is 16.7. The Bertz CT molecular complexity index is 512. The Morgan fingerprint density at radius 2 is 2.38 bits per heavy atom. The maximum Gasteiger partial charge on any atom is 0.276 e. The topological polar surface area (TPSA) is 75.8 Å². The Morgan fingerprint density at radius 1 is 1.50 bits per heavy atom. The molecule has 0 aliphatic carbocycles. The van der Waals surface area contributed by atoms with E-state index in [0.29, 0.717) is 23.3 Å². The third-order valence-corrected chi connectivity index (χ3v) is 2.76. The van der Waals surface area contributed by atoms with Crippen LogP contribution in [0.3, 0.4) is 0 Å². The molecule has 0 aliphatic heterocycles. The summed E-state index contributed by atoms with van der Waals surface area (Å²) in [5.41, 5.74) is 0.805. The summed E-state index contributed by atoms with van der Waals surface area (Å²) >= 11 is 1.38. The number of rotatable bonds is 4. The number of hydrogen-bond acceptors (Lipinski definition) is 6. The van der Waals surface area contributed by atoms with E-state index in [2.05, 4.69) is 16.3 Å². The number of aromatic nitrogens is 2. The molecule has 0 radical (unpaired) electrons. The van der Waals surface area contributed by atoms with Crippen LogP contribution in [-0.2, 0) is 0 Å². The molecular weight excluding hydrogens is 226 g/mol. The summed E-state index contributed by atoms with van der Waals surface area (Å²) in [6.45, 7) is 1.84. The summed E-state index contributed by atoms with van der Waals surface area (Å²) in [4.78, 5) is 0. The smallest absolute Gasteiger partial charge is 0.276 e. The molecule has 0 unspecified atom stereocenters. The molecule has 82 valence electrons. The van der Waals surface area contributed by atoms with E-state index in [1.54, 1.807) is 12.3 Å². The van der Waals surface area contributed by atoms with Crippen molar-refractivity contribution in [2.45, 2.75) is 18.6 Å². The first-order valence-electron chi connectivity index (χ1n) is 4.69. The van der Waals surface area contributed by atoms with Gasteiger partial charge >= 0.3 is 0 Å². The first kappa shape index (κ1) is 10.8. The third kappa shape index (κ3) is 2.25. The van der Waals surface area contributed by atoms with E-state index < -0.39 is 0 Å². The maximum atomic E-state index is 8.39. The second-order valence-electron chi connectivity index (χ2n) is 3.02. The van der Waals surface area contributed by atoms with E-state index >= 15 is 0 Å². The van der Waals surface area contributed by atoms with E-state index in [9.17, 15) is 0 Å². The van der Waals surface area contributed by atoms with Crippen molar-refractivity contribution < 1.29 is 8.83 Å². The van der Waals surface area contributed by atoms with Crippen LogP contribution in [-0.4, -0.2) is 16.0 Å². The molecule has 0 amide bonds. The van der Waals surface area contributed by atoms with E-state index in [0.717, 1.165) is 11.3 Å². The third-order valence-electron chi connectivity index (χ3n) is 1.94. The molecule has 0 spiro atoms. The summed E-state index contributed by atoms with van der Waals surface area (Å²) in [5.74, 6) is 1.85. The molecule has 5 nitrogen and oxygen atoms in total. The van der Waals surface area contributed by atoms with Gasteiger partial charge in [0.15, 0.2) is 0 Å². The van der Waals surface area contributed by atoms with Crippen LogP contribution in [0, 0.1) is 18.3 Å². The number of hydrogen-bond donors (Lipinski definition) is 0. The van der Waals surface area contributed by atoms with Gasteiger partial charge in [-0.25, -0.2) is 0 Å². The molecule has 16 heavy (non-hydrogen) atoms. The van der Waals surface area contributed by atoms with Crippen molar-refractivity contribution in [3.63, 3.8) is 0 Å². The van der Waals surface area contributed by atoms with E-state index in [-0.39, 0.29) is 0 Å². The molecule has 0 saturated carbocycles. The highest BCUT2D eigenvalue weighted by Crippen LogP contribution is 2.26. The summed E-state index contributed by atoms with van der Waals surface area (Å²) in [6.07, 6.45) is 2.05. The van der Waals surface area contributed by atoms with Gasteiger partial charge in [-0.2, -0.15) is 5.26 Å². The molecule has 2 aromatic rings. The standard InChI is InChI=1S/C10H9N3O2S/c1-7-8(3-5-14-7)9-12-13-10(15-9)16-6-2-4-11/h3,5H,2,6H2,1H3. The largest absolute Gasteiger partial charge is 0.469 e. The molecular formula is C10H9N3O2S. The van der Waals surface area contributed by atoms with Gasteiger partial charge in [-0.15, -0.1) is 10.2 Å². The van der Waals surface area contributed by atoms with Crippen LogP contribution in [0.2, 0.25) is 0 Å². The van der Waals surface area contributed by atoms with Crippen molar-refractivity contribution in [3.05, 3.63) is 18.1 Å². The Balaban J connectivity index is 2.09. The van der Waals surface area contributed by atoms with Gasteiger partial charge in [0, 0.05) is 12.2 Å². The number of aryl methyl sites for hydroxylation is 1. The number of nitriles is 1. The van der Waals surface area contributed by atoms with Crippen molar-refractivity contribution in [2.24, 2.45) is 0 Å². The Kier molecular flexibility index (Phi) is 3.27. The predicted molar refractivity (Wildman–Crippen MR) is 57.7 cm³/mol. The average molecular weight is 235 g/mol. The van der Waals surface area contributed by atoms with E-state index in [1.165, 1.54) is 11.8 Å². The lowest BCUT2D eigenvalue weighted by atomic mass is 10.3. The van der Waals surface area contributed by atoms with Gasteiger partial charge in [-0.3, -0.25) is 0 Å². The van der Waals surface area contributed by atoms with Crippen molar-refractivity contribution in [1.82, 2.24) is 10.2 Å². The van der Waals surface area contributed by atoms with Crippen molar-refractivity contribution in [1.29, 1.82) is 5.26 Å². The Morgan fingerprint density at radius 3 is 3.06 bits per heavy atom. The van der Waals surface area contributed by atoms with E-state index in [4.69, 9.17) is 14.1 Å². The lowest BCUT2D eigenvalue weighted by molar-refractivity contribution is 0.463. The number of furan rings is 1. The molecule has 2 heterocycles.